The first-order valence-corrected chi connectivity index (χ1v) is 12.0. The lowest BCUT2D eigenvalue weighted by atomic mass is 10.1. The Hall–Kier alpha value is -0.480. The highest BCUT2D eigenvalue weighted by Gasteiger charge is 2.45. The summed E-state index contributed by atoms with van der Waals surface area (Å²) in [5.74, 6) is 0. The topological polar surface area (TPSA) is 93.1 Å². The molecule has 0 rings (SSSR count). The predicted molar refractivity (Wildman–Crippen MR) is 107 cm³/mol. The summed E-state index contributed by atoms with van der Waals surface area (Å²) in [5, 5.41) is -1.48. The summed E-state index contributed by atoms with van der Waals surface area (Å²) in [6.07, 6.45) is 9.75. The van der Waals surface area contributed by atoms with Crippen molar-refractivity contribution in [2.75, 3.05) is 14.2 Å². The second-order valence-electron chi connectivity index (χ2n) is 6.67. The summed E-state index contributed by atoms with van der Waals surface area (Å²) in [6.45, 7) is 8.18. The van der Waals surface area contributed by atoms with Crippen molar-refractivity contribution in [3.05, 3.63) is 34.9 Å². The normalized spacial score (nSPS) is 15.1. The zero-order chi connectivity index (χ0) is 20.4. The van der Waals surface area contributed by atoms with E-state index < -0.39 is 20.6 Å². The number of hydrogen-bond donors (Lipinski definition) is 2. The van der Waals surface area contributed by atoms with Gasteiger partial charge in [0.2, 0.25) is 0 Å². The van der Waals surface area contributed by atoms with Crippen LogP contribution in [0, 0.1) is 0 Å². The molecular weight excluding hydrogens is 374 g/mol. The largest absolute Gasteiger partial charge is 0.345 e. The van der Waals surface area contributed by atoms with Crippen molar-refractivity contribution in [3.8, 4) is 0 Å². The maximum absolute atomic E-state index is 12.4. The van der Waals surface area contributed by atoms with Crippen LogP contribution in [0.3, 0.4) is 0 Å². The third-order valence-corrected chi connectivity index (χ3v) is 8.76. The Morgan fingerprint density at radius 1 is 0.885 bits per heavy atom. The molecule has 152 valence electrons. The van der Waals surface area contributed by atoms with E-state index in [1.165, 1.54) is 11.1 Å². The highest BCUT2D eigenvalue weighted by Crippen LogP contribution is 2.66. The van der Waals surface area contributed by atoms with Crippen LogP contribution in [0.25, 0.3) is 0 Å². The molecule has 0 aromatic carbocycles. The molecule has 0 bridgehead atoms. The van der Waals surface area contributed by atoms with Crippen LogP contribution >= 0.6 is 15.2 Å². The molecule has 0 spiro atoms. The SMILES string of the molecule is COP(=O)(OC)C(C/C=C(\C)CC/C=C(\C)CCC=C(C)C)P(=O)(O)O. The van der Waals surface area contributed by atoms with Crippen LogP contribution in [0.5, 0.6) is 0 Å². The van der Waals surface area contributed by atoms with Gasteiger partial charge in [0.15, 0.2) is 5.40 Å². The van der Waals surface area contributed by atoms with Crippen LogP contribution < -0.4 is 0 Å². The van der Waals surface area contributed by atoms with E-state index >= 15 is 0 Å². The summed E-state index contributed by atoms with van der Waals surface area (Å²) in [7, 11) is -6.22. The van der Waals surface area contributed by atoms with Gasteiger partial charge in [-0.05, 0) is 59.8 Å². The van der Waals surface area contributed by atoms with E-state index in [4.69, 9.17) is 9.05 Å². The van der Waals surface area contributed by atoms with Gasteiger partial charge in [0.05, 0.1) is 0 Å². The minimum Gasteiger partial charge on any atom is -0.324 e. The van der Waals surface area contributed by atoms with Crippen molar-refractivity contribution >= 4 is 15.2 Å². The summed E-state index contributed by atoms with van der Waals surface area (Å²) in [4.78, 5) is 19.0. The molecule has 0 aliphatic carbocycles. The minimum absolute atomic E-state index is 0.0572. The van der Waals surface area contributed by atoms with Crippen LogP contribution in [0.4, 0.5) is 0 Å². The number of allylic oxidation sites excluding steroid dienone is 6. The van der Waals surface area contributed by atoms with E-state index in [0.717, 1.165) is 45.5 Å². The zero-order valence-corrected chi connectivity index (χ0v) is 18.6. The van der Waals surface area contributed by atoms with Gasteiger partial charge < -0.3 is 18.8 Å². The molecule has 0 aliphatic rings. The summed E-state index contributed by atoms with van der Waals surface area (Å²) >= 11 is 0. The van der Waals surface area contributed by atoms with E-state index in [0.29, 0.717) is 0 Å². The highest BCUT2D eigenvalue weighted by atomic mass is 31.2. The molecule has 26 heavy (non-hydrogen) atoms. The van der Waals surface area contributed by atoms with Gasteiger partial charge >= 0.3 is 15.2 Å². The first kappa shape index (κ1) is 25.5. The van der Waals surface area contributed by atoms with Crippen molar-refractivity contribution in [1.29, 1.82) is 0 Å². The molecule has 2 N–H and O–H groups in total. The van der Waals surface area contributed by atoms with Crippen molar-refractivity contribution in [1.82, 2.24) is 0 Å². The fourth-order valence-corrected chi connectivity index (χ4v) is 5.83. The fourth-order valence-electron chi connectivity index (χ4n) is 2.41. The van der Waals surface area contributed by atoms with Gasteiger partial charge in [-0.2, -0.15) is 0 Å². The first-order valence-electron chi connectivity index (χ1n) is 8.67. The van der Waals surface area contributed by atoms with E-state index in [1.807, 2.05) is 6.92 Å². The molecular formula is C18H34O6P2. The van der Waals surface area contributed by atoms with E-state index in [2.05, 4.69) is 32.9 Å². The third-order valence-electron chi connectivity index (χ3n) is 4.06. The summed E-state index contributed by atoms with van der Waals surface area (Å²) in [5.41, 5.74) is 3.63. The maximum Gasteiger partial charge on any atom is 0.345 e. The van der Waals surface area contributed by atoms with Gasteiger partial charge in [0.1, 0.15) is 0 Å². The quantitative estimate of drug-likeness (QED) is 0.314. The first-order chi connectivity index (χ1) is 12.0. The van der Waals surface area contributed by atoms with Gasteiger partial charge in [-0.25, -0.2) is 0 Å². The molecule has 0 fully saturated rings. The van der Waals surface area contributed by atoms with Crippen LogP contribution in [-0.4, -0.2) is 29.4 Å². The summed E-state index contributed by atoms with van der Waals surface area (Å²) < 4.78 is 33.6. The molecule has 0 aromatic heterocycles. The van der Waals surface area contributed by atoms with Crippen molar-refractivity contribution in [2.24, 2.45) is 0 Å². The average molecular weight is 408 g/mol. The molecule has 0 saturated carbocycles. The molecule has 6 nitrogen and oxygen atoms in total. The molecule has 0 heterocycles. The van der Waals surface area contributed by atoms with E-state index in [9.17, 15) is 18.9 Å². The molecule has 0 saturated heterocycles. The van der Waals surface area contributed by atoms with Crippen LogP contribution in [-0.2, 0) is 18.2 Å². The minimum atomic E-state index is -4.62. The fraction of sp³-hybridized carbons (Fsp3) is 0.667. The van der Waals surface area contributed by atoms with Gasteiger partial charge in [0, 0.05) is 14.2 Å². The van der Waals surface area contributed by atoms with Crippen LogP contribution in [0.1, 0.15) is 59.8 Å². The number of hydrogen-bond acceptors (Lipinski definition) is 4. The molecule has 0 aliphatic heterocycles. The standard InChI is InChI=1S/C18H34O6P2/c1-15(2)9-7-10-16(3)11-8-12-17(4)13-14-18(25(19,20)21)26(22,23-5)24-6/h9,11,13,18H,7-8,10,12,14H2,1-6H3,(H2,19,20,21)/b16-11+,17-13+. The third kappa shape index (κ3) is 10.0. The Morgan fingerprint density at radius 3 is 1.77 bits per heavy atom. The smallest absolute Gasteiger partial charge is 0.324 e. The predicted octanol–water partition coefficient (Wildman–Crippen LogP) is 5.79. The zero-order valence-electron chi connectivity index (χ0n) is 16.8. The lowest BCUT2D eigenvalue weighted by molar-refractivity contribution is 0.266. The van der Waals surface area contributed by atoms with Gasteiger partial charge in [0.25, 0.3) is 0 Å². The van der Waals surface area contributed by atoms with Crippen molar-refractivity contribution in [3.63, 3.8) is 0 Å². The second-order valence-corrected chi connectivity index (χ2v) is 11.3. The Bertz CT molecular complexity index is 603. The molecule has 0 aromatic rings. The molecule has 0 amide bonds. The van der Waals surface area contributed by atoms with Gasteiger partial charge in [-0.1, -0.05) is 34.9 Å². The van der Waals surface area contributed by atoms with Gasteiger partial charge in [-0.15, -0.1) is 0 Å². The summed E-state index contributed by atoms with van der Waals surface area (Å²) in [6, 6.07) is 0. The van der Waals surface area contributed by atoms with E-state index in [1.54, 1.807) is 6.08 Å². The molecule has 8 heteroatoms. The molecule has 1 unspecified atom stereocenters. The van der Waals surface area contributed by atoms with Crippen molar-refractivity contribution in [2.45, 2.75) is 65.2 Å². The number of rotatable bonds is 12. The molecule has 1 atom stereocenters. The van der Waals surface area contributed by atoms with Gasteiger partial charge in [-0.3, -0.25) is 9.13 Å². The van der Waals surface area contributed by atoms with Crippen molar-refractivity contribution < 1.29 is 28.0 Å². The second kappa shape index (κ2) is 12.1. The monoisotopic (exact) mass is 408 g/mol. The van der Waals surface area contributed by atoms with Crippen LogP contribution in [0.15, 0.2) is 34.9 Å². The Morgan fingerprint density at radius 2 is 1.35 bits per heavy atom. The Balaban J connectivity index is 4.77. The average Bonchev–Trinajstić information content (AvgIpc) is 2.53. The lowest BCUT2D eigenvalue weighted by Crippen LogP contribution is -2.11. The Labute approximate surface area is 158 Å². The van der Waals surface area contributed by atoms with E-state index in [-0.39, 0.29) is 6.42 Å². The highest BCUT2D eigenvalue weighted by molar-refractivity contribution is 7.71. The maximum atomic E-state index is 12.4. The Kier molecular flexibility index (Phi) is 11.8. The lowest BCUT2D eigenvalue weighted by Gasteiger charge is -2.24. The molecule has 0 radical (unpaired) electrons. The van der Waals surface area contributed by atoms with Crippen LogP contribution in [0.2, 0.25) is 0 Å².